The van der Waals surface area contributed by atoms with Gasteiger partial charge >= 0.3 is 0 Å². The van der Waals surface area contributed by atoms with Gasteiger partial charge in [-0.2, -0.15) is 4.72 Å². The third-order valence-corrected chi connectivity index (χ3v) is 5.30. The molecule has 1 unspecified atom stereocenters. The van der Waals surface area contributed by atoms with Crippen LogP contribution in [0.15, 0.2) is 41.3 Å². The van der Waals surface area contributed by atoms with E-state index in [-0.39, 0.29) is 17.7 Å². The molecule has 0 saturated carbocycles. The Morgan fingerprint density at radius 1 is 1.08 bits per heavy atom. The van der Waals surface area contributed by atoms with Gasteiger partial charge in [0.2, 0.25) is 21.8 Å². The molecule has 0 aliphatic rings. The number of rotatable bonds is 7. The van der Waals surface area contributed by atoms with Gasteiger partial charge < -0.3 is 11.5 Å². The zero-order chi connectivity index (χ0) is 17.9. The van der Waals surface area contributed by atoms with Gasteiger partial charge in [0.25, 0.3) is 0 Å². The number of amides is 2. The Hall–Kier alpha value is -2.16. The molecule has 0 heterocycles. The van der Waals surface area contributed by atoms with Crippen LogP contribution in [0.1, 0.15) is 12.8 Å². The summed E-state index contributed by atoms with van der Waals surface area (Å²) >= 11 is 6.08. The number of sulfonamides is 1. The largest absolute Gasteiger partial charge is 0.370 e. The SMILES string of the molecule is NC(=O)CCC(NS(=O)(=O)c1ccc(Cl)c2ccccc12)C(N)=O. The van der Waals surface area contributed by atoms with Gasteiger partial charge in [-0.25, -0.2) is 8.42 Å². The topological polar surface area (TPSA) is 132 Å². The summed E-state index contributed by atoms with van der Waals surface area (Å²) in [4.78, 5) is 22.3. The summed E-state index contributed by atoms with van der Waals surface area (Å²) in [6.07, 6.45) is -0.285. The first-order valence-corrected chi connectivity index (χ1v) is 8.85. The van der Waals surface area contributed by atoms with Crippen molar-refractivity contribution < 1.29 is 18.0 Å². The standard InChI is InChI=1S/C15H16ClN3O4S/c16-11-5-7-13(10-4-2-1-3-9(10)11)24(22,23)19-12(15(18)21)6-8-14(17)20/h1-5,7,12,19H,6,8H2,(H2,17,20)(H2,18,21). The molecule has 9 heteroatoms. The molecule has 0 fully saturated rings. The van der Waals surface area contributed by atoms with E-state index in [1.807, 2.05) is 0 Å². The van der Waals surface area contributed by atoms with Crippen molar-refractivity contribution in [3.05, 3.63) is 41.4 Å². The van der Waals surface area contributed by atoms with Gasteiger partial charge in [-0.05, 0) is 18.6 Å². The number of hydrogen-bond acceptors (Lipinski definition) is 4. The Balaban J connectivity index is 2.41. The fourth-order valence-corrected chi connectivity index (χ4v) is 3.94. The van der Waals surface area contributed by atoms with Crippen molar-refractivity contribution in [2.45, 2.75) is 23.8 Å². The molecule has 0 aliphatic carbocycles. The average molecular weight is 370 g/mol. The fourth-order valence-electron chi connectivity index (χ4n) is 2.27. The van der Waals surface area contributed by atoms with E-state index in [1.54, 1.807) is 24.3 Å². The number of carbonyl (C=O) groups is 2. The predicted molar refractivity (Wildman–Crippen MR) is 90.7 cm³/mol. The number of nitrogens with one attached hydrogen (secondary N) is 1. The molecule has 2 aromatic carbocycles. The van der Waals surface area contributed by atoms with Crippen molar-refractivity contribution in [3.63, 3.8) is 0 Å². The maximum atomic E-state index is 12.6. The molecule has 128 valence electrons. The van der Waals surface area contributed by atoms with Crippen LogP contribution in [0.25, 0.3) is 10.8 Å². The van der Waals surface area contributed by atoms with Crippen LogP contribution < -0.4 is 16.2 Å². The zero-order valence-corrected chi connectivity index (χ0v) is 14.1. The van der Waals surface area contributed by atoms with Crippen molar-refractivity contribution in [1.29, 1.82) is 0 Å². The van der Waals surface area contributed by atoms with Crippen LogP contribution in [0.4, 0.5) is 0 Å². The Labute approximate surface area is 144 Å². The van der Waals surface area contributed by atoms with E-state index in [4.69, 9.17) is 23.1 Å². The van der Waals surface area contributed by atoms with Crippen molar-refractivity contribution in [2.24, 2.45) is 11.5 Å². The predicted octanol–water partition coefficient (Wildman–Crippen LogP) is 0.891. The minimum Gasteiger partial charge on any atom is -0.370 e. The third kappa shape index (κ3) is 4.02. The molecule has 0 spiro atoms. The highest BCUT2D eigenvalue weighted by Gasteiger charge is 2.26. The second kappa shape index (κ2) is 7.16. The molecular formula is C15H16ClN3O4S. The van der Waals surface area contributed by atoms with Crippen LogP contribution in [0.5, 0.6) is 0 Å². The van der Waals surface area contributed by atoms with Crippen LogP contribution in [0, 0.1) is 0 Å². The van der Waals surface area contributed by atoms with E-state index in [9.17, 15) is 18.0 Å². The van der Waals surface area contributed by atoms with Crippen molar-refractivity contribution in [2.75, 3.05) is 0 Å². The second-order valence-electron chi connectivity index (χ2n) is 5.17. The first kappa shape index (κ1) is 18.2. The van der Waals surface area contributed by atoms with E-state index < -0.39 is 27.9 Å². The van der Waals surface area contributed by atoms with Gasteiger partial charge in [-0.3, -0.25) is 9.59 Å². The molecule has 0 saturated heterocycles. The van der Waals surface area contributed by atoms with Crippen LogP contribution in [-0.2, 0) is 19.6 Å². The molecule has 2 amide bonds. The zero-order valence-electron chi connectivity index (χ0n) is 12.5. The van der Waals surface area contributed by atoms with Crippen molar-refractivity contribution in [1.82, 2.24) is 4.72 Å². The maximum absolute atomic E-state index is 12.6. The van der Waals surface area contributed by atoms with Gasteiger partial charge in [-0.1, -0.05) is 35.9 Å². The molecule has 0 bridgehead atoms. The smallest absolute Gasteiger partial charge is 0.241 e. The summed E-state index contributed by atoms with van der Waals surface area (Å²) in [5, 5.41) is 1.38. The quantitative estimate of drug-likeness (QED) is 0.668. The highest BCUT2D eigenvalue weighted by Crippen LogP contribution is 2.29. The average Bonchev–Trinajstić information content (AvgIpc) is 2.51. The van der Waals surface area contributed by atoms with E-state index in [1.165, 1.54) is 12.1 Å². The van der Waals surface area contributed by atoms with E-state index >= 15 is 0 Å². The number of hydrogen-bond donors (Lipinski definition) is 3. The van der Waals surface area contributed by atoms with Crippen LogP contribution in [0.3, 0.4) is 0 Å². The first-order chi connectivity index (χ1) is 11.2. The molecular weight excluding hydrogens is 354 g/mol. The van der Waals surface area contributed by atoms with Gasteiger partial charge in [-0.15, -0.1) is 0 Å². The van der Waals surface area contributed by atoms with E-state index in [0.717, 1.165) is 0 Å². The number of nitrogens with two attached hydrogens (primary N) is 2. The van der Waals surface area contributed by atoms with Gasteiger partial charge in [0.05, 0.1) is 4.90 Å². The molecule has 0 aliphatic heterocycles. The molecule has 5 N–H and O–H groups in total. The molecule has 2 rings (SSSR count). The summed E-state index contributed by atoms with van der Waals surface area (Å²) in [6.45, 7) is 0. The van der Waals surface area contributed by atoms with Crippen molar-refractivity contribution >= 4 is 44.2 Å². The normalized spacial score (nSPS) is 12.9. The number of fused-ring (bicyclic) bond motifs is 1. The number of halogens is 1. The molecule has 0 radical (unpaired) electrons. The maximum Gasteiger partial charge on any atom is 0.241 e. The Morgan fingerprint density at radius 2 is 1.71 bits per heavy atom. The lowest BCUT2D eigenvalue weighted by Crippen LogP contribution is -2.44. The molecule has 24 heavy (non-hydrogen) atoms. The van der Waals surface area contributed by atoms with E-state index in [0.29, 0.717) is 15.8 Å². The minimum atomic E-state index is -4.06. The lowest BCUT2D eigenvalue weighted by molar-refractivity contribution is -0.120. The minimum absolute atomic E-state index is 0.0344. The van der Waals surface area contributed by atoms with E-state index in [2.05, 4.69) is 4.72 Å². The molecule has 1 atom stereocenters. The monoisotopic (exact) mass is 369 g/mol. The summed E-state index contributed by atoms with van der Waals surface area (Å²) in [5.41, 5.74) is 10.2. The summed E-state index contributed by atoms with van der Waals surface area (Å²) in [5.74, 6) is -1.55. The molecule has 0 aromatic heterocycles. The van der Waals surface area contributed by atoms with Crippen molar-refractivity contribution in [3.8, 4) is 0 Å². The lowest BCUT2D eigenvalue weighted by atomic mass is 10.1. The van der Waals surface area contributed by atoms with Crippen LogP contribution in [-0.4, -0.2) is 26.3 Å². The highest BCUT2D eigenvalue weighted by atomic mass is 35.5. The molecule has 2 aromatic rings. The molecule has 7 nitrogen and oxygen atoms in total. The van der Waals surface area contributed by atoms with Crippen LogP contribution >= 0.6 is 11.6 Å². The van der Waals surface area contributed by atoms with Gasteiger partial charge in [0.15, 0.2) is 0 Å². The number of carbonyl (C=O) groups excluding carboxylic acids is 2. The first-order valence-electron chi connectivity index (χ1n) is 6.99. The fraction of sp³-hybridized carbons (Fsp3) is 0.200. The van der Waals surface area contributed by atoms with Crippen LogP contribution in [0.2, 0.25) is 5.02 Å². The summed E-state index contributed by atoms with van der Waals surface area (Å²) in [6, 6.07) is 8.28. The Kier molecular flexibility index (Phi) is 5.43. The van der Waals surface area contributed by atoms with Gasteiger partial charge in [0, 0.05) is 22.2 Å². The highest BCUT2D eigenvalue weighted by molar-refractivity contribution is 7.89. The number of primary amides is 2. The summed E-state index contributed by atoms with van der Waals surface area (Å²) < 4.78 is 27.5. The number of benzene rings is 2. The second-order valence-corrected chi connectivity index (χ2v) is 7.26. The Morgan fingerprint density at radius 3 is 2.29 bits per heavy atom. The lowest BCUT2D eigenvalue weighted by Gasteiger charge is -2.16. The third-order valence-electron chi connectivity index (χ3n) is 3.44. The van der Waals surface area contributed by atoms with Gasteiger partial charge in [0.1, 0.15) is 6.04 Å². The Bertz CT molecular complexity index is 899. The summed E-state index contributed by atoms with van der Waals surface area (Å²) in [7, 11) is -4.06.